The summed E-state index contributed by atoms with van der Waals surface area (Å²) in [6.07, 6.45) is 3.68. The van der Waals surface area contributed by atoms with E-state index < -0.39 is 0 Å². The molecule has 118 valence electrons. The highest BCUT2D eigenvalue weighted by Gasteiger charge is 2.03. The normalized spacial score (nSPS) is 11.2. The Morgan fingerprint density at radius 2 is 1.91 bits per heavy atom. The van der Waals surface area contributed by atoms with Gasteiger partial charge in [-0.1, -0.05) is 19.1 Å². The molecule has 22 heavy (non-hydrogen) atoms. The molecule has 0 saturated heterocycles. The van der Waals surface area contributed by atoms with Gasteiger partial charge in [-0.15, -0.1) is 0 Å². The maximum atomic E-state index is 5.21. The van der Waals surface area contributed by atoms with Gasteiger partial charge in [-0.05, 0) is 50.2 Å². The molecule has 0 aliphatic carbocycles. The summed E-state index contributed by atoms with van der Waals surface area (Å²) in [6, 6.07) is 8.38. The van der Waals surface area contributed by atoms with E-state index in [0.29, 0.717) is 4.77 Å². The molecule has 0 bridgehead atoms. The average Bonchev–Trinajstić information content (AvgIpc) is 2.88. The molecule has 0 atom stereocenters. The first-order chi connectivity index (χ1) is 10.7. The lowest BCUT2D eigenvalue weighted by atomic mass is 10.2. The second-order valence-electron chi connectivity index (χ2n) is 5.02. The molecule has 2 aromatic rings. The number of hydrogen-bond acceptors (Lipinski definition) is 4. The maximum absolute atomic E-state index is 5.21. The third kappa shape index (κ3) is 3.82. The van der Waals surface area contributed by atoms with Crippen molar-refractivity contribution in [2.24, 2.45) is 5.10 Å². The summed E-state index contributed by atoms with van der Waals surface area (Å²) in [6.45, 7) is 8.45. The Hall–Kier alpha value is -1.95. The molecular weight excluding hydrogens is 294 g/mol. The van der Waals surface area contributed by atoms with Gasteiger partial charge in [0.2, 0.25) is 4.77 Å². The van der Waals surface area contributed by atoms with Crippen LogP contribution in [0.1, 0.15) is 38.6 Å². The molecule has 1 aromatic carbocycles. The number of nitrogens with one attached hydrogen (secondary N) is 1. The zero-order chi connectivity index (χ0) is 15.9. The minimum Gasteiger partial charge on any atom is -0.372 e. The van der Waals surface area contributed by atoms with Crippen molar-refractivity contribution >= 4 is 24.1 Å². The van der Waals surface area contributed by atoms with Crippen molar-refractivity contribution < 1.29 is 0 Å². The zero-order valence-electron chi connectivity index (χ0n) is 13.4. The van der Waals surface area contributed by atoms with Crippen LogP contribution in [-0.4, -0.2) is 34.2 Å². The molecule has 0 aliphatic heterocycles. The third-order valence-electron chi connectivity index (χ3n) is 3.54. The van der Waals surface area contributed by atoms with Gasteiger partial charge in [0.05, 0.1) is 6.21 Å². The number of aryl methyl sites for hydroxylation is 1. The van der Waals surface area contributed by atoms with E-state index in [1.54, 1.807) is 4.68 Å². The van der Waals surface area contributed by atoms with Crippen molar-refractivity contribution in [3.63, 3.8) is 0 Å². The van der Waals surface area contributed by atoms with E-state index in [0.717, 1.165) is 37.3 Å². The first-order valence-corrected chi connectivity index (χ1v) is 8.16. The molecular formula is C16H23N5S. The van der Waals surface area contributed by atoms with E-state index in [9.17, 15) is 0 Å². The summed E-state index contributed by atoms with van der Waals surface area (Å²) in [7, 11) is 0. The molecule has 0 saturated carbocycles. The first-order valence-electron chi connectivity index (χ1n) is 7.75. The van der Waals surface area contributed by atoms with Gasteiger partial charge in [0.1, 0.15) is 0 Å². The number of nitrogens with zero attached hydrogens (tertiary/aromatic N) is 4. The van der Waals surface area contributed by atoms with Gasteiger partial charge >= 0.3 is 0 Å². The van der Waals surface area contributed by atoms with Crippen molar-refractivity contribution in [3.05, 3.63) is 40.4 Å². The number of aromatic nitrogens is 3. The number of anilines is 1. The molecule has 0 amide bonds. The van der Waals surface area contributed by atoms with E-state index in [4.69, 9.17) is 12.2 Å². The van der Waals surface area contributed by atoms with Gasteiger partial charge in [0.15, 0.2) is 5.82 Å². The number of H-pyrrole nitrogens is 1. The molecule has 0 unspecified atom stereocenters. The van der Waals surface area contributed by atoms with Crippen molar-refractivity contribution in [2.45, 2.75) is 33.6 Å². The fourth-order valence-electron chi connectivity index (χ4n) is 2.31. The predicted molar refractivity (Wildman–Crippen MR) is 94.4 cm³/mol. The minimum absolute atomic E-state index is 0.527. The Bertz CT molecular complexity index is 665. The molecule has 5 nitrogen and oxygen atoms in total. The Labute approximate surface area is 136 Å². The summed E-state index contributed by atoms with van der Waals surface area (Å²) in [5.74, 6) is 0.864. The monoisotopic (exact) mass is 317 g/mol. The molecule has 6 heteroatoms. The first kappa shape index (κ1) is 16.4. The van der Waals surface area contributed by atoms with Crippen LogP contribution < -0.4 is 4.90 Å². The van der Waals surface area contributed by atoms with Crippen LogP contribution in [0.4, 0.5) is 5.69 Å². The standard InChI is InChI=1S/C16H23N5S/c1-4-7-15-18-19-16(22)21(15)17-12-13-8-10-14(11-9-13)20(5-2)6-3/h8-12H,4-7H2,1-3H3,(H,19,22)/b17-12+. The molecule has 0 aliphatic rings. The Morgan fingerprint density at radius 3 is 2.50 bits per heavy atom. The number of hydrogen-bond donors (Lipinski definition) is 1. The number of rotatable bonds is 7. The third-order valence-corrected chi connectivity index (χ3v) is 3.80. The van der Waals surface area contributed by atoms with Gasteiger partial charge in [-0.3, -0.25) is 5.10 Å². The van der Waals surface area contributed by atoms with Crippen LogP contribution in [0.15, 0.2) is 29.4 Å². The van der Waals surface area contributed by atoms with Gasteiger partial charge in [0, 0.05) is 25.2 Å². The summed E-state index contributed by atoms with van der Waals surface area (Å²) >= 11 is 5.21. The fourth-order valence-corrected chi connectivity index (χ4v) is 2.51. The second-order valence-corrected chi connectivity index (χ2v) is 5.40. The van der Waals surface area contributed by atoms with Crippen LogP contribution in [0, 0.1) is 4.77 Å². The molecule has 0 spiro atoms. The van der Waals surface area contributed by atoms with Crippen molar-refractivity contribution in [2.75, 3.05) is 18.0 Å². The Kier molecular flexibility index (Phi) is 5.89. The van der Waals surface area contributed by atoms with Crippen LogP contribution in [0.3, 0.4) is 0 Å². The summed E-state index contributed by atoms with van der Waals surface area (Å²) in [5.41, 5.74) is 2.27. The highest BCUT2D eigenvalue weighted by Crippen LogP contribution is 2.14. The average molecular weight is 317 g/mol. The largest absolute Gasteiger partial charge is 0.372 e. The number of aromatic amines is 1. The lowest BCUT2D eigenvalue weighted by molar-refractivity contribution is 0.740. The molecule has 1 N–H and O–H groups in total. The van der Waals surface area contributed by atoms with E-state index >= 15 is 0 Å². The molecule has 0 fully saturated rings. The van der Waals surface area contributed by atoms with E-state index in [1.165, 1.54) is 5.69 Å². The van der Waals surface area contributed by atoms with Crippen LogP contribution in [0.25, 0.3) is 0 Å². The van der Waals surface area contributed by atoms with Crippen LogP contribution >= 0.6 is 12.2 Å². The van der Waals surface area contributed by atoms with E-state index in [2.05, 4.69) is 65.2 Å². The summed E-state index contributed by atoms with van der Waals surface area (Å²) < 4.78 is 2.22. The summed E-state index contributed by atoms with van der Waals surface area (Å²) in [4.78, 5) is 2.31. The van der Waals surface area contributed by atoms with Crippen LogP contribution in [0.5, 0.6) is 0 Å². The Balaban J connectivity index is 2.17. The smallest absolute Gasteiger partial charge is 0.216 e. The second kappa shape index (κ2) is 7.89. The maximum Gasteiger partial charge on any atom is 0.216 e. The Morgan fingerprint density at radius 1 is 1.23 bits per heavy atom. The zero-order valence-corrected chi connectivity index (χ0v) is 14.2. The predicted octanol–water partition coefficient (Wildman–Crippen LogP) is 3.62. The lowest BCUT2D eigenvalue weighted by Crippen LogP contribution is -2.21. The van der Waals surface area contributed by atoms with Gasteiger partial charge in [-0.2, -0.15) is 14.9 Å². The quantitative estimate of drug-likeness (QED) is 0.627. The topological polar surface area (TPSA) is 49.2 Å². The lowest BCUT2D eigenvalue weighted by Gasteiger charge is -2.20. The minimum atomic E-state index is 0.527. The molecule has 2 rings (SSSR count). The van der Waals surface area contributed by atoms with Gasteiger partial charge in [-0.25, -0.2) is 0 Å². The summed E-state index contributed by atoms with van der Waals surface area (Å²) in [5, 5.41) is 11.4. The fraction of sp³-hybridized carbons (Fsp3) is 0.438. The van der Waals surface area contributed by atoms with Crippen molar-refractivity contribution in [1.82, 2.24) is 14.9 Å². The molecule has 1 aromatic heterocycles. The number of benzene rings is 1. The van der Waals surface area contributed by atoms with Crippen molar-refractivity contribution in [1.29, 1.82) is 0 Å². The SMILES string of the molecule is CCCc1n[nH]c(=S)n1/N=C/c1ccc(N(CC)CC)cc1. The van der Waals surface area contributed by atoms with Gasteiger partial charge in [0.25, 0.3) is 0 Å². The molecule has 1 heterocycles. The highest BCUT2D eigenvalue weighted by atomic mass is 32.1. The van der Waals surface area contributed by atoms with Gasteiger partial charge < -0.3 is 4.90 Å². The van der Waals surface area contributed by atoms with Crippen LogP contribution in [0.2, 0.25) is 0 Å². The van der Waals surface area contributed by atoms with E-state index in [-0.39, 0.29) is 0 Å². The molecule has 0 radical (unpaired) electrons. The van der Waals surface area contributed by atoms with E-state index in [1.807, 2.05) is 6.21 Å². The highest BCUT2D eigenvalue weighted by molar-refractivity contribution is 7.71. The van der Waals surface area contributed by atoms with Crippen molar-refractivity contribution in [3.8, 4) is 0 Å². The van der Waals surface area contributed by atoms with Crippen LogP contribution in [-0.2, 0) is 6.42 Å².